The van der Waals surface area contributed by atoms with Gasteiger partial charge in [-0.25, -0.2) is 4.98 Å². The maximum absolute atomic E-state index is 5.97. The highest BCUT2D eigenvalue weighted by Gasteiger charge is 2.33. The van der Waals surface area contributed by atoms with E-state index >= 15 is 0 Å². The predicted molar refractivity (Wildman–Crippen MR) is 84.5 cm³/mol. The van der Waals surface area contributed by atoms with Gasteiger partial charge >= 0.3 is 0 Å². The minimum absolute atomic E-state index is 0.119. The van der Waals surface area contributed by atoms with Gasteiger partial charge in [0.05, 0.1) is 29.5 Å². The maximum Gasteiger partial charge on any atom is 0.0982 e. The van der Waals surface area contributed by atoms with E-state index in [1.54, 1.807) is 11.3 Å². The van der Waals surface area contributed by atoms with Crippen molar-refractivity contribution in [2.75, 3.05) is 33.3 Å². The molecule has 4 nitrogen and oxygen atoms in total. The highest BCUT2D eigenvalue weighted by molar-refractivity contribution is 7.09. The first-order valence-corrected chi connectivity index (χ1v) is 8.30. The molecule has 1 saturated heterocycles. The van der Waals surface area contributed by atoms with E-state index in [4.69, 9.17) is 9.72 Å². The topological polar surface area (TPSA) is 37.4 Å². The molecule has 0 bridgehead atoms. The standard InChI is InChI=1S/C15H27N3OS/c1-6-16-9-12-13(18(5)7-8-19-12)11-10-20-14(17-11)15(2,3)4/h10,12-13,16H,6-9H2,1-5H3. The van der Waals surface area contributed by atoms with E-state index < -0.39 is 0 Å². The molecule has 0 radical (unpaired) electrons. The van der Waals surface area contributed by atoms with Crippen molar-refractivity contribution in [3.8, 4) is 0 Å². The maximum atomic E-state index is 5.97. The van der Waals surface area contributed by atoms with Crippen molar-refractivity contribution in [1.82, 2.24) is 15.2 Å². The smallest absolute Gasteiger partial charge is 0.0982 e. The van der Waals surface area contributed by atoms with E-state index in [-0.39, 0.29) is 17.6 Å². The summed E-state index contributed by atoms with van der Waals surface area (Å²) < 4.78 is 5.97. The van der Waals surface area contributed by atoms with Crippen LogP contribution in [0.25, 0.3) is 0 Å². The fourth-order valence-corrected chi connectivity index (χ4v) is 3.44. The van der Waals surface area contributed by atoms with Gasteiger partial charge in [0.15, 0.2) is 0 Å². The summed E-state index contributed by atoms with van der Waals surface area (Å²) in [4.78, 5) is 7.25. The number of thiazole rings is 1. The minimum atomic E-state index is 0.119. The van der Waals surface area contributed by atoms with Gasteiger partial charge in [-0.15, -0.1) is 11.3 Å². The Morgan fingerprint density at radius 2 is 2.25 bits per heavy atom. The molecule has 1 aromatic rings. The second-order valence-corrected chi connectivity index (χ2v) is 7.33. The van der Waals surface area contributed by atoms with Crippen molar-refractivity contribution in [1.29, 1.82) is 0 Å². The quantitative estimate of drug-likeness (QED) is 0.926. The zero-order chi connectivity index (χ0) is 14.8. The van der Waals surface area contributed by atoms with E-state index in [1.165, 1.54) is 5.01 Å². The van der Waals surface area contributed by atoms with Crippen molar-refractivity contribution < 1.29 is 4.74 Å². The summed E-state index contributed by atoms with van der Waals surface area (Å²) in [5.74, 6) is 0. The molecule has 1 aromatic heterocycles. The number of aromatic nitrogens is 1. The van der Waals surface area contributed by atoms with Gasteiger partial charge in [-0.1, -0.05) is 27.7 Å². The van der Waals surface area contributed by atoms with Crippen LogP contribution in [0.15, 0.2) is 5.38 Å². The predicted octanol–water partition coefficient (Wildman–Crippen LogP) is 2.42. The molecule has 2 atom stereocenters. The first-order chi connectivity index (χ1) is 9.43. The molecule has 2 unspecified atom stereocenters. The number of ether oxygens (including phenoxy) is 1. The molecule has 114 valence electrons. The molecule has 1 N–H and O–H groups in total. The molecule has 0 aliphatic carbocycles. The lowest BCUT2D eigenvalue weighted by molar-refractivity contribution is -0.0623. The minimum Gasteiger partial charge on any atom is -0.374 e. The fourth-order valence-electron chi connectivity index (χ4n) is 2.50. The van der Waals surface area contributed by atoms with E-state index in [2.05, 4.69) is 50.3 Å². The van der Waals surface area contributed by atoms with Gasteiger partial charge < -0.3 is 10.1 Å². The van der Waals surface area contributed by atoms with Crippen molar-refractivity contribution >= 4 is 11.3 Å². The Balaban J connectivity index is 2.19. The average Bonchev–Trinajstić information content (AvgIpc) is 2.85. The normalized spacial score (nSPS) is 25.1. The van der Waals surface area contributed by atoms with E-state index in [0.29, 0.717) is 0 Å². The van der Waals surface area contributed by atoms with Gasteiger partial charge in [0.25, 0.3) is 0 Å². The second-order valence-electron chi connectivity index (χ2n) is 6.47. The third-order valence-corrected chi connectivity index (χ3v) is 4.95. The Hall–Kier alpha value is -0.490. The fraction of sp³-hybridized carbons (Fsp3) is 0.800. The van der Waals surface area contributed by atoms with Crippen molar-refractivity contribution in [2.24, 2.45) is 0 Å². The molecule has 1 aliphatic heterocycles. The summed E-state index contributed by atoms with van der Waals surface area (Å²) in [6.07, 6.45) is 0.184. The molecule has 20 heavy (non-hydrogen) atoms. The molecule has 0 saturated carbocycles. The number of morpholine rings is 1. The van der Waals surface area contributed by atoms with Crippen LogP contribution < -0.4 is 5.32 Å². The van der Waals surface area contributed by atoms with Crippen LogP contribution in [0.1, 0.15) is 44.4 Å². The highest BCUT2D eigenvalue weighted by Crippen LogP contribution is 2.32. The van der Waals surface area contributed by atoms with Crippen LogP contribution in [-0.4, -0.2) is 49.3 Å². The molecule has 0 spiro atoms. The third kappa shape index (κ3) is 3.58. The number of rotatable bonds is 4. The lowest BCUT2D eigenvalue weighted by atomic mass is 9.98. The SMILES string of the molecule is CCNCC1OCCN(C)C1c1csc(C(C)(C)C)n1. The molecule has 0 aromatic carbocycles. The van der Waals surface area contributed by atoms with Crippen LogP contribution >= 0.6 is 11.3 Å². The van der Waals surface area contributed by atoms with Gasteiger partial charge in [-0.05, 0) is 13.6 Å². The monoisotopic (exact) mass is 297 g/mol. The van der Waals surface area contributed by atoms with Gasteiger partial charge in [-0.3, -0.25) is 4.90 Å². The average molecular weight is 297 g/mol. The number of nitrogens with zero attached hydrogens (tertiary/aromatic N) is 2. The highest BCUT2D eigenvalue weighted by atomic mass is 32.1. The van der Waals surface area contributed by atoms with Crippen LogP contribution in [-0.2, 0) is 10.2 Å². The Labute approximate surface area is 126 Å². The summed E-state index contributed by atoms with van der Waals surface area (Å²) in [6.45, 7) is 12.4. The summed E-state index contributed by atoms with van der Waals surface area (Å²) >= 11 is 1.76. The first-order valence-electron chi connectivity index (χ1n) is 7.42. The van der Waals surface area contributed by atoms with Crippen LogP contribution in [0.2, 0.25) is 0 Å². The zero-order valence-electron chi connectivity index (χ0n) is 13.3. The molecule has 2 rings (SSSR count). The molecule has 5 heteroatoms. The van der Waals surface area contributed by atoms with E-state index in [1.807, 2.05) is 0 Å². The lowest BCUT2D eigenvalue weighted by Crippen LogP contribution is -2.47. The van der Waals surface area contributed by atoms with Crippen molar-refractivity contribution in [3.05, 3.63) is 16.1 Å². The van der Waals surface area contributed by atoms with Crippen molar-refractivity contribution in [2.45, 2.75) is 45.3 Å². The molecule has 2 heterocycles. The Kier molecular flexibility index (Phi) is 5.18. The van der Waals surface area contributed by atoms with E-state index in [9.17, 15) is 0 Å². The van der Waals surface area contributed by atoms with Crippen LogP contribution in [0.5, 0.6) is 0 Å². The summed E-state index contributed by atoms with van der Waals surface area (Å²) in [6, 6.07) is 0.259. The van der Waals surface area contributed by atoms with Crippen LogP contribution in [0.3, 0.4) is 0 Å². The second kappa shape index (κ2) is 6.52. The number of likely N-dealkylation sites (N-methyl/N-ethyl adjacent to an activating group) is 2. The molecule has 1 fully saturated rings. The molecular weight excluding hydrogens is 270 g/mol. The van der Waals surface area contributed by atoms with Gasteiger partial charge in [0, 0.05) is 23.9 Å². The number of hydrogen-bond donors (Lipinski definition) is 1. The zero-order valence-corrected chi connectivity index (χ0v) is 14.1. The number of nitrogens with one attached hydrogen (secondary N) is 1. The Morgan fingerprint density at radius 1 is 1.50 bits per heavy atom. The Morgan fingerprint density at radius 3 is 2.85 bits per heavy atom. The summed E-state index contributed by atoms with van der Waals surface area (Å²) in [5.41, 5.74) is 1.28. The summed E-state index contributed by atoms with van der Waals surface area (Å²) in [5, 5.41) is 6.81. The van der Waals surface area contributed by atoms with E-state index in [0.717, 1.165) is 31.9 Å². The first kappa shape index (κ1) is 15.9. The van der Waals surface area contributed by atoms with Gasteiger partial charge in [-0.2, -0.15) is 0 Å². The van der Waals surface area contributed by atoms with Crippen LogP contribution in [0, 0.1) is 0 Å². The Bertz CT molecular complexity index is 427. The lowest BCUT2D eigenvalue weighted by Gasteiger charge is -2.38. The number of hydrogen-bond acceptors (Lipinski definition) is 5. The molecule has 1 aliphatic rings. The summed E-state index contributed by atoms with van der Waals surface area (Å²) in [7, 11) is 2.17. The third-order valence-electron chi connectivity index (χ3n) is 3.67. The van der Waals surface area contributed by atoms with Gasteiger partial charge in [0.1, 0.15) is 0 Å². The van der Waals surface area contributed by atoms with Crippen LogP contribution in [0.4, 0.5) is 0 Å². The van der Waals surface area contributed by atoms with Gasteiger partial charge in [0.2, 0.25) is 0 Å². The van der Waals surface area contributed by atoms with Crippen molar-refractivity contribution in [3.63, 3.8) is 0 Å². The molecular formula is C15H27N3OS. The molecule has 0 amide bonds. The largest absolute Gasteiger partial charge is 0.374 e.